The molecule has 0 aromatic heterocycles. The molecule has 0 spiro atoms. The van der Waals surface area contributed by atoms with Gasteiger partial charge < -0.3 is 24.6 Å². The third-order valence-corrected chi connectivity index (χ3v) is 11.1. The van der Waals surface area contributed by atoms with E-state index in [1.807, 2.05) is 0 Å². The van der Waals surface area contributed by atoms with E-state index in [0.29, 0.717) is 13.0 Å². The summed E-state index contributed by atoms with van der Waals surface area (Å²) in [6.07, 6.45) is 54.7. The number of aliphatic hydroxyl groups is 2. The van der Waals surface area contributed by atoms with Crippen molar-refractivity contribution in [2.45, 2.75) is 219 Å². The average Bonchev–Trinajstić information content (AvgIpc) is 3.24. The minimum Gasteiger partial charge on any atom is -0.457 e. The van der Waals surface area contributed by atoms with Gasteiger partial charge in [0, 0.05) is 13.0 Å². The Kier molecular flexibility index (Phi) is 45.2. The van der Waals surface area contributed by atoms with Crippen molar-refractivity contribution in [1.29, 1.82) is 0 Å². The Morgan fingerprint density at radius 1 is 0.533 bits per heavy atom. The zero-order valence-corrected chi connectivity index (χ0v) is 39.3. The van der Waals surface area contributed by atoms with E-state index in [0.717, 1.165) is 70.6 Å². The molecule has 9 nitrogen and oxygen atoms in total. The standard InChI is InChI=1S/C50H91O9P/c1-3-5-7-9-11-13-15-17-19-21-22-23-24-25-27-29-31-33-35-37-39-41-43-56-46-49(47-58-60(54,55)57-45-48(52)44-51)59-50(53)42-40-38-36-34-32-30-28-26-20-18-16-14-12-10-8-6-4-2/h6,8,12,14-15,17-18,20-22,48-49,51-52H,3-5,7,9-11,13,16,19,23-47H2,1-2H3,(H,54,55)/b8-6-,14-12-,17-15-,20-18-,22-21-. The van der Waals surface area contributed by atoms with Crippen LogP contribution in [-0.4, -0.2) is 66.3 Å². The van der Waals surface area contributed by atoms with Gasteiger partial charge in [0.2, 0.25) is 0 Å². The van der Waals surface area contributed by atoms with Gasteiger partial charge in [-0.15, -0.1) is 0 Å². The third kappa shape index (κ3) is 45.7. The second kappa shape index (κ2) is 46.7. The first-order chi connectivity index (χ1) is 29.3. The van der Waals surface area contributed by atoms with Gasteiger partial charge in [-0.2, -0.15) is 0 Å². The summed E-state index contributed by atoms with van der Waals surface area (Å²) in [6.45, 7) is 3.39. The molecule has 350 valence electrons. The number of ether oxygens (including phenoxy) is 2. The molecule has 0 aromatic carbocycles. The highest BCUT2D eigenvalue weighted by molar-refractivity contribution is 7.47. The number of phosphoric ester groups is 1. The molecule has 0 aliphatic rings. The van der Waals surface area contributed by atoms with Gasteiger partial charge in [-0.3, -0.25) is 13.8 Å². The van der Waals surface area contributed by atoms with Crippen LogP contribution in [-0.2, 0) is 27.9 Å². The highest BCUT2D eigenvalue weighted by Crippen LogP contribution is 2.43. The van der Waals surface area contributed by atoms with Crippen molar-refractivity contribution < 1.29 is 43.0 Å². The molecule has 0 bridgehead atoms. The predicted octanol–water partition coefficient (Wildman–Crippen LogP) is 13.9. The Bertz CT molecular complexity index is 1120. The first-order valence-corrected chi connectivity index (χ1v) is 25.8. The predicted molar refractivity (Wildman–Crippen MR) is 251 cm³/mol. The van der Waals surface area contributed by atoms with Gasteiger partial charge >= 0.3 is 13.8 Å². The van der Waals surface area contributed by atoms with E-state index in [2.05, 4.69) is 74.6 Å². The minimum absolute atomic E-state index is 0.0413. The highest BCUT2D eigenvalue weighted by Gasteiger charge is 2.26. The summed E-state index contributed by atoms with van der Waals surface area (Å²) in [7, 11) is -4.53. The first-order valence-electron chi connectivity index (χ1n) is 24.3. The summed E-state index contributed by atoms with van der Waals surface area (Å²) in [5, 5.41) is 18.4. The smallest absolute Gasteiger partial charge is 0.457 e. The Balaban J connectivity index is 4.11. The number of unbranched alkanes of at least 4 members (excludes halogenated alkanes) is 22. The number of rotatable bonds is 46. The van der Waals surface area contributed by atoms with Crippen LogP contribution < -0.4 is 0 Å². The van der Waals surface area contributed by atoms with Gasteiger partial charge in [-0.25, -0.2) is 4.57 Å². The SMILES string of the molecule is CC/C=C\C/C=C\C/C=C\CCCCCCCCCC(=O)OC(COCCCCCCCCCCCC/C=C\C/C=C\CCCCCCC)COP(=O)(O)OCC(O)CO. The van der Waals surface area contributed by atoms with Gasteiger partial charge in [0.1, 0.15) is 12.2 Å². The van der Waals surface area contributed by atoms with Crippen molar-refractivity contribution in [1.82, 2.24) is 0 Å². The Hall–Kier alpha value is -1.84. The lowest BCUT2D eigenvalue weighted by atomic mass is 10.1. The molecule has 10 heteroatoms. The molecular weight excluding hydrogens is 776 g/mol. The molecule has 0 radical (unpaired) electrons. The molecule has 0 rings (SSSR count). The topological polar surface area (TPSA) is 132 Å². The summed E-state index contributed by atoms with van der Waals surface area (Å²) < 4.78 is 33.5. The molecule has 0 aliphatic heterocycles. The normalized spacial score (nSPS) is 14.4. The number of carbonyl (C=O) groups is 1. The molecule has 0 saturated carbocycles. The number of aliphatic hydroxyl groups excluding tert-OH is 2. The van der Waals surface area contributed by atoms with Crippen LogP contribution in [0.5, 0.6) is 0 Å². The second-order valence-electron chi connectivity index (χ2n) is 16.1. The third-order valence-electron chi connectivity index (χ3n) is 10.2. The molecule has 0 saturated heterocycles. The fourth-order valence-corrected chi connectivity index (χ4v) is 7.31. The Morgan fingerprint density at radius 2 is 0.950 bits per heavy atom. The van der Waals surface area contributed by atoms with E-state index >= 15 is 0 Å². The summed E-state index contributed by atoms with van der Waals surface area (Å²) in [4.78, 5) is 22.6. The van der Waals surface area contributed by atoms with E-state index in [4.69, 9.17) is 23.6 Å². The maximum absolute atomic E-state index is 12.7. The molecule has 0 aromatic rings. The number of phosphoric acid groups is 1. The van der Waals surface area contributed by atoms with Crippen molar-refractivity contribution in [3.8, 4) is 0 Å². The lowest BCUT2D eigenvalue weighted by Crippen LogP contribution is -2.29. The van der Waals surface area contributed by atoms with Gasteiger partial charge in [0.05, 0.1) is 26.4 Å². The molecule has 3 atom stereocenters. The molecule has 3 unspecified atom stereocenters. The lowest BCUT2D eigenvalue weighted by molar-refractivity contribution is -0.154. The van der Waals surface area contributed by atoms with E-state index < -0.39 is 39.2 Å². The molecule has 60 heavy (non-hydrogen) atoms. The molecule has 3 N–H and O–H groups in total. The molecular formula is C50H91O9P. The van der Waals surface area contributed by atoms with Gasteiger partial charge in [-0.1, -0.05) is 184 Å². The van der Waals surface area contributed by atoms with Crippen LogP contribution in [0.25, 0.3) is 0 Å². The zero-order chi connectivity index (χ0) is 43.9. The number of hydrogen-bond acceptors (Lipinski definition) is 8. The summed E-state index contributed by atoms with van der Waals surface area (Å²) >= 11 is 0. The fraction of sp³-hybridized carbons (Fsp3) is 0.780. The summed E-state index contributed by atoms with van der Waals surface area (Å²) in [6, 6.07) is 0. The molecule has 0 aliphatic carbocycles. The maximum Gasteiger partial charge on any atom is 0.472 e. The van der Waals surface area contributed by atoms with Crippen LogP contribution in [0.15, 0.2) is 60.8 Å². The van der Waals surface area contributed by atoms with Crippen molar-refractivity contribution in [2.75, 3.05) is 33.0 Å². The number of hydrogen-bond donors (Lipinski definition) is 3. The zero-order valence-electron chi connectivity index (χ0n) is 38.4. The largest absolute Gasteiger partial charge is 0.472 e. The van der Waals surface area contributed by atoms with Crippen molar-refractivity contribution in [3.05, 3.63) is 60.8 Å². The van der Waals surface area contributed by atoms with E-state index in [-0.39, 0.29) is 19.6 Å². The van der Waals surface area contributed by atoms with Crippen LogP contribution in [0.1, 0.15) is 206 Å². The van der Waals surface area contributed by atoms with Crippen LogP contribution in [0.2, 0.25) is 0 Å². The van der Waals surface area contributed by atoms with Crippen LogP contribution in [0.4, 0.5) is 0 Å². The Morgan fingerprint density at radius 3 is 1.43 bits per heavy atom. The highest BCUT2D eigenvalue weighted by atomic mass is 31.2. The van der Waals surface area contributed by atoms with Crippen molar-refractivity contribution >= 4 is 13.8 Å². The van der Waals surface area contributed by atoms with Crippen LogP contribution >= 0.6 is 7.82 Å². The van der Waals surface area contributed by atoms with Crippen molar-refractivity contribution in [2.24, 2.45) is 0 Å². The van der Waals surface area contributed by atoms with Gasteiger partial charge in [0.25, 0.3) is 0 Å². The minimum atomic E-state index is -4.53. The first kappa shape index (κ1) is 58.2. The fourth-order valence-electron chi connectivity index (χ4n) is 6.52. The van der Waals surface area contributed by atoms with Gasteiger partial charge in [-0.05, 0) is 77.0 Å². The monoisotopic (exact) mass is 867 g/mol. The van der Waals surface area contributed by atoms with E-state index in [9.17, 15) is 19.4 Å². The van der Waals surface area contributed by atoms with Gasteiger partial charge in [0.15, 0.2) is 0 Å². The second-order valence-corrected chi connectivity index (χ2v) is 17.5. The van der Waals surface area contributed by atoms with Crippen molar-refractivity contribution in [3.63, 3.8) is 0 Å². The van der Waals surface area contributed by atoms with E-state index in [1.54, 1.807) is 0 Å². The number of allylic oxidation sites excluding steroid dienone is 10. The van der Waals surface area contributed by atoms with Crippen LogP contribution in [0.3, 0.4) is 0 Å². The van der Waals surface area contributed by atoms with E-state index in [1.165, 1.54) is 109 Å². The molecule has 0 amide bonds. The summed E-state index contributed by atoms with van der Waals surface area (Å²) in [5.41, 5.74) is 0. The lowest BCUT2D eigenvalue weighted by Gasteiger charge is -2.20. The Labute approximate surface area is 368 Å². The number of carbonyl (C=O) groups excluding carboxylic acids is 1. The molecule has 0 heterocycles. The average molecular weight is 867 g/mol. The maximum atomic E-state index is 12.7. The quantitative estimate of drug-likeness (QED) is 0.0237. The molecule has 0 fully saturated rings. The number of esters is 1. The summed E-state index contributed by atoms with van der Waals surface area (Å²) in [5.74, 6) is -0.394. The van der Waals surface area contributed by atoms with Crippen LogP contribution in [0, 0.1) is 0 Å².